The fourth-order valence-corrected chi connectivity index (χ4v) is 2.86. The summed E-state index contributed by atoms with van der Waals surface area (Å²) in [7, 11) is 0. The Bertz CT molecular complexity index is 455. The maximum absolute atomic E-state index is 12.1. The lowest BCUT2D eigenvalue weighted by Crippen LogP contribution is -2.48. The Balaban J connectivity index is 1.54. The van der Waals surface area contributed by atoms with Crippen molar-refractivity contribution in [2.75, 3.05) is 0 Å². The molecule has 1 atom stereocenters. The highest BCUT2D eigenvalue weighted by molar-refractivity contribution is 5.81. The molecule has 0 spiro atoms. The molecule has 1 amide bonds. The van der Waals surface area contributed by atoms with E-state index in [0.29, 0.717) is 0 Å². The zero-order chi connectivity index (χ0) is 13.1. The van der Waals surface area contributed by atoms with Gasteiger partial charge >= 0.3 is 0 Å². The Kier molecular flexibility index (Phi) is 3.80. The van der Waals surface area contributed by atoms with Gasteiger partial charge in [-0.2, -0.15) is 0 Å². The molecule has 0 bridgehead atoms. The largest absolute Gasteiger partial charge is 0.301 e. The van der Waals surface area contributed by atoms with E-state index in [1.807, 2.05) is 12.1 Å². The van der Waals surface area contributed by atoms with Crippen LogP contribution in [0, 0.1) is 0 Å². The summed E-state index contributed by atoms with van der Waals surface area (Å²) in [5.74, 6) is -0.0543. The summed E-state index contributed by atoms with van der Waals surface area (Å²) in [6.45, 7) is 0.748. The second kappa shape index (κ2) is 5.72. The molecule has 1 aliphatic carbocycles. The Morgan fingerprint density at radius 3 is 2.74 bits per heavy atom. The summed E-state index contributed by atoms with van der Waals surface area (Å²) in [6.07, 6.45) is 5.46. The van der Waals surface area contributed by atoms with E-state index in [1.165, 1.54) is 24.0 Å². The zero-order valence-electron chi connectivity index (χ0n) is 11.0. The van der Waals surface area contributed by atoms with Crippen molar-refractivity contribution in [1.82, 2.24) is 10.8 Å². The molecular formula is C15H20N2O2. The fraction of sp³-hybridized carbons (Fsp3) is 0.533. The minimum atomic E-state index is -0.184. The predicted molar refractivity (Wildman–Crippen MR) is 72.3 cm³/mol. The van der Waals surface area contributed by atoms with Gasteiger partial charge in [0.1, 0.15) is 0 Å². The average Bonchev–Trinajstić information content (AvgIpc) is 2.97. The SMILES string of the molecule is O=C(NOC1CCCC1)C1Cc2ccccc2CN1. The number of rotatable bonds is 3. The molecule has 1 aliphatic heterocycles. The van der Waals surface area contributed by atoms with Crippen molar-refractivity contribution in [1.29, 1.82) is 0 Å². The standard InChI is InChI=1S/C15H20N2O2/c18-15(17-19-13-7-3-4-8-13)14-9-11-5-1-2-6-12(11)10-16-14/h1-2,5-6,13-14,16H,3-4,7-10H2,(H,17,18). The summed E-state index contributed by atoms with van der Waals surface area (Å²) in [4.78, 5) is 17.5. The minimum Gasteiger partial charge on any atom is -0.301 e. The maximum atomic E-state index is 12.1. The van der Waals surface area contributed by atoms with Gasteiger partial charge in [0.05, 0.1) is 12.1 Å². The van der Waals surface area contributed by atoms with Crippen LogP contribution in [0.15, 0.2) is 24.3 Å². The van der Waals surface area contributed by atoms with Crippen LogP contribution < -0.4 is 10.8 Å². The molecule has 0 aromatic heterocycles. The summed E-state index contributed by atoms with van der Waals surface area (Å²) in [5, 5.41) is 3.26. The van der Waals surface area contributed by atoms with Crippen molar-refractivity contribution < 1.29 is 9.63 Å². The molecule has 19 heavy (non-hydrogen) atoms. The number of carbonyl (C=O) groups excluding carboxylic acids is 1. The van der Waals surface area contributed by atoms with Gasteiger partial charge in [-0.05, 0) is 30.4 Å². The molecule has 1 fully saturated rings. The van der Waals surface area contributed by atoms with Crippen LogP contribution in [0.25, 0.3) is 0 Å². The van der Waals surface area contributed by atoms with E-state index < -0.39 is 0 Å². The van der Waals surface area contributed by atoms with Crippen LogP contribution in [0.5, 0.6) is 0 Å². The third kappa shape index (κ3) is 2.96. The molecular weight excluding hydrogens is 240 g/mol. The molecule has 1 saturated carbocycles. The van der Waals surface area contributed by atoms with Crippen LogP contribution in [0.2, 0.25) is 0 Å². The van der Waals surface area contributed by atoms with Gasteiger partial charge in [-0.3, -0.25) is 9.63 Å². The Hall–Kier alpha value is -1.39. The van der Waals surface area contributed by atoms with E-state index in [4.69, 9.17) is 4.84 Å². The van der Waals surface area contributed by atoms with Crippen molar-refractivity contribution in [2.24, 2.45) is 0 Å². The Morgan fingerprint density at radius 1 is 1.21 bits per heavy atom. The third-order valence-electron chi connectivity index (χ3n) is 4.03. The number of hydroxylamine groups is 1. The topological polar surface area (TPSA) is 50.4 Å². The van der Waals surface area contributed by atoms with Gasteiger partial charge in [0.2, 0.25) is 0 Å². The number of hydrogen-bond acceptors (Lipinski definition) is 3. The molecule has 2 N–H and O–H groups in total. The predicted octanol–water partition coefficient (Wildman–Crippen LogP) is 1.69. The lowest BCUT2D eigenvalue weighted by molar-refractivity contribution is -0.140. The molecule has 102 valence electrons. The summed E-state index contributed by atoms with van der Waals surface area (Å²) in [6, 6.07) is 8.06. The number of benzene rings is 1. The molecule has 4 nitrogen and oxygen atoms in total. The Labute approximate surface area is 113 Å². The van der Waals surface area contributed by atoms with Crippen molar-refractivity contribution in [2.45, 2.75) is 50.8 Å². The van der Waals surface area contributed by atoms with Crippen LogP contribution in [0.1, 0.15) is 36.8 Å². The van der Waals surface area contributed by atoms with Crippen molar-refractivity contribution in [3.8, 4) is 0 Å². The number of carbonyl (C=O) groups is 1. The monoisotopic (exact) mass is 260 g/mol. The first kappa shape index (κ1) is 12.6. The van der Waals surface area contributed by atoms with Crippen molar-refractivity contribution in [3.63, 3.8) is 0 Å². The van der Waals surface area contributed by atoms with Gasteiger partial charge < -0.3 is 5.32 Å². The quantitative estimate of drug-likeness (QED) is 0.813. The van der Waals surface area contributed by atoms with E-state index in [2.05, 4.69) is 22.9 Å². The number of fused-ring (bicyclic) bond motifs is 1. The average molecular weight is 260 g/mol. The smallest absolute Gasteiger partial charge is 0.261 e. The highest BCUT2D eigenvalue weighted by atomic mass is 16.7. The summed E-state index contributed by atoms with van der Waals surface area (Å²) >= 11 is 0. The van der Waals surface area contributed by atoms with E-state index in [9.17, 15) is 4.79 Å². The normalized spacial score (nSPS) is 23.1. The third-order valence-corrected chi connectivity index (χ3v) is 4.03. The van der Waals surface area contributed by atoms with Crippen LogP contribution in [-0.4, -0.2) is 18.1 Å². The zero-order valence-corrected chi connectivity index (χ0v) is 11.0. The lowest BCUT2D eigenvalue weighted by atomic mass is 9.96. The number of hydrogen-bond donors (Lipinski definition) is 2. The minimum absolute atomic E-state index is 0.0543. The molecule has 0 saturated heterocycles. The Morgan fingerprint density at radius 2 is 1.95 bits per heavy atom. The molecule has 3 rings (SSSR count). The maximum Gasteiger partial charge on any atom is 0.261 e. The van der Waals surface area contributed by atoms with Crippen LogP contribution >= 0.6 is 0 Å². The van der Waals surface area contributed by atoms with E-state index in [-0.39, 0.29) is 18.1 Å². The van der Waals surface area contributed by atoms with Gasteiger partial charge in [0.25, 0.3) is 5.91 Å². The highest BCUT2D eigenvalue weighted by Gasteiger charge is 2.25. The molecule has 1 heterocycles. The molecule has 1 unspecified atom stereocenters. The van der Waals surface area contributed by atoms with E-state index in [0.717, 1.165) is 25.8 Å². The first-order valence-electron chi connectivity index (χ1n) is 7.08. The second-order valence-corrected chi connectivity index (χ2v) is 5.40. The van der Waals surface area contributed by atoms with E-state index >= 15 is 0 Å². The van der Waals surface area contributed by atoms with Crippen molar-refractivity contribution >= 4 is 5.91 Å². The van der Waals surface area contributed by atoms with Gasteiger partial charge in [0, 0.05) is 6.54 Å². The number of amides is 1. The van der Waals surface area contributed by atoms with Crippen LogP contribution in [-0.2, 0) is 22.6 Å². The molecule has 1 aromatic rings. The molecule has 4 heteroatoms. The summed E-state index contributed by atoms with van der Waals surface area (Å²) < 4.78 is 0. The van der Waals surface area contributed by atoms with Crippen LogP contribution in [0.3, 0.4) is 0 Å². The second-order valence-electron chi connectivity index (χ2n) is 5.40. The molecule has 1 aromatic carbocycles. The van der Waals surface area contributed by atoms with Crippen LogP contribution in [0.4, 0.5) is 0 Å². The molecule has 0 radical (unpaired) electrons. The van der Waals surface area contributed by atoms with Gasteiger partial charge in [-0.15, -0.1) is 0 Å². The van der Waals surface area contributed by atoms with Crippen molar-refractivity contribution in [3.05, 3.63) is 35.4 Å². The first-order chi connectivity index (χ1) is 9.33. The van der Waals surface area contributed by atoms with Gasteiger partial charge in [0.15, 0.2) is 0 Å². The first-order valence-corrected chi connectivity index (χ1v) is 7.08. The summed E-state index contributed by atoms with van der Waals surface area (Å²) in [5.41, 5.74) is 5.16. The molecule has 2 aliphatic rings. The van der Waals surface area contributed by atoms with Gasteiger partial charge in [-0.1, -0.05) is 37.1 Å². The highest BCUT2D eigenvalue weighted by Crippen LogP contribution is 2.20. The fourth-order valence-electron chi connectivity index (χ4n) is 2.86. The van der Waals surface area contributed by atoms with Gasteiger partial charge in [-0.25, -0.2) is 5.48 Å². The number of nitrogens with one attached hydrogen (secondary N) is 2. The van der Waals surface area contributed by atoms with E-state index in [1.54, 1.807) is 0 Å². The lowest BCUT2D eigenvalue weighted by Gasteiger charge is -2.25.